The lowest BCUT2D eigenvalue weighted by Crippen LogP contribution is -2.39. The zero-order valence-electron chi connectivity index (χ0n) is 16.6. The van der Waals surface area contributed by atoms with Crippen LogP contribution in [0.5, 0.6) is 0 Å². The molecule has 0 bridgehead atoms. The lowest BCUT2D eigenvalue weighted by molar-refractivity contribution is -0.154. The van der Waals surface area contributed by atoms with Gasteiger partial charge in [0.1, 0.15) is 6.61 Å². The second-order valence-electron chi connectivity index (χ2n) is 7.97. The molecule has 0 amide bonds. The Kier molecular flexibility index (Phi) is 7.19. The molecule has 1 aromatic rings. The van der Waals surface area contributed by atoms with Crippen LogP contribution >= 0.6 is 0 Å². The van der Waals surface area contributed by atoms with Crippen molar-refractivity contribution in [2.75, 3.05) is 13.2 Å². The molecular formula is C22H30O5. The summed E-state index contributed by atoms with van der Waals surface area (Å²) in [4.78, 5) is 24.4. The number of aliphatic hydroxyl groups is 1. The van der Waals surface area contributed by atoms with Gasteiger partial charge < -0.3 is 14.6 Å². The molecule has 1 aliphatic rings. The molecule has 1 aliphatic heterocycles. The van der Waals surface area contributed by atoms with E-state index < -0.39 is 24.1 Å². The summed E-state index contributed by atoms with van der Waals surface area (Å²) in [7, 11) is 0. The molecule has 1 unspecified atom stereocenters. The number of carbonyl (C=O) groups excluding carboxylic acids is 2. The van der Waals surface area contributed by atoms with Gasteiger partial charge in [-0.25, -0.2) is 9.59 Å². The van der Waals surface area contributed by atoms with Crippen LogP contribution in [-0.4, -0.2) is 35.9 Å². The summed E-state index contributed by atoms with van der Waals surface area (Å²) in [5.74, 6) is 0.537. The van der Waals surface area contributed by atoms with E-state index >= 15 is 0 Å². The van der Waals surface area contributed by atoms with Crippen molar-refractivity contribution < 1.29 is 24.2 Å². The van der Waals surface area contributed by atoms with Crippen LogP contribution in [-0.2, 0) is 14.3 Å². The van der Waals surface area contributed by atoms with E-state index in [2.05, 4.69) is 27.7 Å². The summed E-state index contributed by atoms with van der Waals surface area (Å²) in [5, 5.41) is 9.79. The molecule has 1 heterocycles. The molecule has 0 saturated carbocycles. The largest absolute Gasteiger partial charge is 0.458 e. The normalized spacial score (nSPS) is 21.3. The van der Waals surface area contributed by atoms with Crippen molar-refractivity contribution in [1.29, 1.82) is 0 Å². The van der Waals surface area contributed by atoms with E-state index in [9.17, 15) is 14.7 Å². The van der Waals surface area contributed by atoms with Crippen molar-refractivity contribution in [2.45, 2.75) is 46.1 Å². The summed E-state index contributed by atoms with van der Waals surface area (Å²) in [6.07, 6.45) is 2.95. The van der Waals surface area contributed by atoms with Crippen molar-refractivity contribution >= 4 is 11.9 Å². The maximum absolute atomic E-state index is 12.3. The Bertz CT molecular complexity index is 669. The first-order valence-corrected chi connectivity index (χ1v) is 9.53. The molecule has 0 aromatic heterocycles. The summed E-state index contributed by atoms with van der Waals surface area (Å²) in [6.45, 7) is 8.15. The van der Waals surface area contributed by atoms with E-state index in [1.54, 1.807) is 24.3 Å². The van der Waals surface area contributed by atoms with Gasteiger partial charge in [0.15, 0.2) is 5.60 Å². The second kappa shape index (κ2) is 9.18. The Morgan fingerprint density at radius 1 is 1.22 bits per heavy atom. The van der Waals surface area contributed by atoms with Crippen LogP contribution in [0.1, 0.15) is 50.9 Å². The second-order valence-corrected chi connectivity index (χ2v) is 7.97. The van der Waals surface area contributed by atoms with Crippen LogP contribution in [0.15, 0.2) is 42.0 Å². The van der Waals surface area contributed by atoms with Crippen LogP contribution in [0.2, 0.25) is 0 Å². The fourth-order valence-corrected chi connectivity index (χ4v) is 3.53. The summed E-state index contributed by atoms with van der Waals surface area (Å²) >= 11 is 0. The zero-order chi connectivity index (χ0) is 20.0. The van der Waals surface area contributed by atoms with Crippen molar-refractivity contribution in [1.82, 2.24) is 0 Å². The first-order chi connectivity index (χ1) is 12.8. The van der Waals surface area contributed by atoms with Crippen LogP contribution < -0.4 is 0 Å². The van der Waals surface area contributed by atoms with Crippen molar-refractivity contribution in [3.63, 3.8) is 0 Å². The first-order valence-electron chi connectivity index (χ1n) is 9.53. The molecule has 0 radical (unpaired) electrons. The molecule has 1 aromatic carbocycles. The molecule has 5 heteroatoms. The Hall–Kier alpha value is -2.14. The number of benzene rings is 1. The molecule has 1 saturated heterocycles. The van der Waals surface area contributed by atoms with Gasteiger partial charge in [-0.3, -0.25) is 0 Å². The highest BCUT2D eigenvalue weighted by atomic mass is 16.6. The number of esters is 2. The van der Waals surface area contributed by atoms with Crippen LogP contribution in [0.3, 0.4) is 0 Å². The maximum Gasteiger partial charge on any atom is 0.338 e. The Morgan fingerprint density at radius 2 is 1.85 bits per heavy atom. The number of hydrogen-bond donors (Lipinski definition) is 1. The van der Waals surface area contributed by atoms with Gasteiger partial charge in [-0.05, 0) is 36.3 Å². The summed E-state index contributed by atoms with van der Waals surface area (Å²) in [5.41, 5.74) is -0.230. The highest BCUT2D eigenvalue weighted by Crippen LogP contribution is 2.33. The summed E-state index contributed by atoms with van der Waals surface area (Å²) < 4.78 is 10.7. The van der Waals surface area contributed by atoms with E-state index in [1.807, 2.05) is 12.1 Å². The minimum atomic E-state index is -1.20. The molecule has 0 spiro atoms. The quantitative estimate of drug-likeness (QED) is 0.554. The fourth-order valence-electron chi connectivity index (χ4n) is 3.53. The van der Waals surface area contributed by atoms with Gasteiger partial charge >= 0.3 is 11.9 Å². The smallest absolute Gasteiger partial charge is 0.338 e. The standard InChI is InChI=1S/C22H30O5/c1-15(2)19(16(3)4)11-10-18-12-22(13-23,27-21(18)25)14-26-20(24)17-8-6-5-7-9-17/h5-10,15-16,19,23H,11-14H2,1-4H3/b18-10-. The molecular weight excluding hydrogens is 344 g/mol. The molecule has 27 heavy (non-hydrogen) atoms. The van der Waals surface area contributed by atoms with Crippen molar-refractivity contribution in [3.8, 4) is 0 Å². The molecule has 0 aliphatic carbocycles. The molecule has 1 fully saturated rings. The number of carbonyl (C=O) groups is 2. The molecule has 1 atom stereocenters. The first kappa shape index (κ1) is 21.2. The van der Waals surface area contributed by atoms with Crippen molar-refractivity contribution in [2.24, 2.45) is 17.8 Å². The molecule has 148 valence electrons. The summed E-state index contributed by atoms with van der Waals surface area (Å²) in [6, 6.07) is 8.60. The SMILES string of the molecule is CC(C)C(C/C=C1/CC(CO)(COC(=O)c2ccccc2)OC1=O)C(C)C. The van der Waals surface area contributed by atoms with E-state index in [0.29, 0.717) is 28.9 Å². The van der Waals surface area contributed by atoms with Gasteiger partial charge in [-0.15, -0.1) is 0 Å². The predicted molar refractivity (Wildman–Crippen MR) is 103 cm³/mol. The third-order valence-electron chi connectivity index (χ3n) is 5.20. The number of rotatable bonds is 8. The third kappa shape index (κ3) is 5.42. The zero-order valence-corrected chi connectivity index (χ0v) is 16.6. The van der Waals surface area contributed by atoms with Gasteiger partial charge in [0.25, 0.3) is 0 Å². The predicted octanol–water partition coefficient (Wildman–Crippen LogP) is 3.77. The minimum Gasteiger partial charge on any atom is -0.458 e. The number of hydrogen-bond acceptors (Lipinski definition) is 5. The highest BCUT2D eigenvalue weighted by Gasteiger charge is 2.44. The van der Waals surface area contributed by atoms with E-state index in [4.69, 9.17) is 9.47 Å². The van der Waals surface area contributed by atoms with Crippen LogP contribution in [0, 0.1) is 17.8 Å². The minimum absolute atomic E-state index is 0.169. The Balaban J connectivity index is 2.03. The topological polar surface area (TPSA) is 72.8 Å². The Labute approximate surface area is 161 Å². The van der Waals surface area contributed by atoms with Crippen LogP contribution in [0.25, 0.3) is 0 Å². The van der Waals surface area contributed by atoms with Gasteiger partial charge in [0.2, 0.25) is 0 Å². The third-order valence-corrected chi connectivity index (χ3v) is 5.20. The number of allylic oxidation sites excluding steroid dienone is 1. The highest BCUT2D eigenvalue weighted by molar-refractivity contribution is 5.92. The lowest BCUT2D eigenvalue weighted by atomic mass is 9.82. The number of ether oxygens (including phenoxy) is 2. The van der Waals surface area contributed by atoms with Gasteiger partial charge in [-0.1, -0.05) is 52.0 Å². The molecule has 5 nitrogen and oxygen atoms in total. The lowest BCUT2D eigenvalue weighted by Gasteiger charge is -2.24. The van der Waals surface area contributed by atoms with Gasteiger partial charge in [0, 0.05) is 12.0 Å². The number of aliphatic hydroxyl groups excluding tert-OH is 1. The molecule has 2 rings (SSSR count). The average molecular weight is 374 g/mol. The number of cyclic esters (lactones) is 1. The fraction of sp³-hybridized carbons (Fsp3) is 0.545. The van der Waals surface area contributed by atoms with Crippen LogP contribution in [0.4, 0.5) is 0 Å². The van der Waals surface area contributed by atoms with Gasteiger partial charge in [-0.2, -0.15) is 0 Å². The van der Waals surface area contributed by atoms with E-state index in [-0.39, 0.29) is 13.0 Å². The maximum atomic E-state index is 12.3. The average Bonchev–Trinajstić information content (AvgIpc) is 2.96. The molecule has 1 N–H and O–H groups in total. The Morgan fingerprint density at radius 3 is 2.41 bits per heavy atom. The van der Waals surface area contributed by atoms with E-state index in [0.717, 1.165) is 6.42 Å². The monoisotopic (exact) mass is 374 g/mol. The van der Waals surface area contributed by atoms with Gasteiger partial charge in [0.05, 0.1) is 12.2 Å². The van der Waals surface area contributed by atoms with E-state index in [1.165, 1.54) is 0 Å². The van der Waals surface area contributed by atoms with Crippen molar-refractivity contribution in [3.05, 3.63) is 47.5 Å².